The molecule has 1 heterocycles. The van der Waals surface area contributed by atoms with Gasteiger partial charge in [0.15, 0.2) is 0 Å². The Balaban J connectivity index is 1.52. The zero-order valence-electron chi connectivity index (χ0n) is 15.4. The van der Waals surface area contributed by atoms with Gasteiger partial charge in [0.25, 0.3) is 0 Å². The SMILES string of the molecule is CCOc1ccc(NC(=O)CCc2nc(-c3ccc(OC)cc3)cs2)cc1. The molecule has 3 rings (SSSR count). The Morgan fingerprint density at radius 1 is 1.07 bits per heavy atom. The van der Waals surface area contributed by atoms with Crippen LogP contribution in [0.15, 0.2) is 53.9 Å². The number of hydrogen-bond donors (Lipinski definition) is 1. The van der Waals surface area contributed by atoms with E-state index in [0.29, 0.717) is 19.4 Å². The number of hydrogen-bond acceptors (Lipinski definition) is 5. The normalized spacial score (nSPS) is 10.4. The Labute approximate surface area is 163 Å². The van der Waals surface area contributed by atoms with Gasteiger partial charge in [0.1, 0.15) is 11.5 Å². The summed E-state index contributed by atoms with van der Waals surface area (Å²) in [6.07, 6.45) is 1.01. The molecule has 1 aromatic heterocycles. The van der Waals surface area contributed by atoms with Crippen molar-refractivity contribution in [2.24, 2.45) is 0 Å². The molecule has 0 radical (unpaired) electrons. The first kappa shape index (κ1) is 18.9. The van der Waals surface area contributed by atoms with Gasteiger partial charge in [-0.3, -0.25) is 4.79 Å². The van der Waals surface area contributed by atoms with Gasteiger partial charge in [-0.05, 0) is 55.5 Å². The fraction of sp³-hybridized carbons (Fsp3) is 0.238. The minimum absolute atomic E-state index is 0.0274. The number of carbonyl (C=O) groups is 1. The highest BCUT2D eigenvalue weighted by Crippen LogP contribution is 2.25. The Hall–Kier alpha value is -2.86. The maximum Gasteiger partial charge on any atom is 0.224 e. The number of methoxy groups -OCH3 is 1. The molecule has 0 saturated carbocycles. The van der Waals surface area contributed by atoms with E-state index in [2.05, 4.69) is 10.3 Å². The number of ether oxygens (including phenoxy) is 2. The first-order valence-electron chi connectivity index (χ1n) is 8.79. The third-order valence-corrected chi connectivity index (χ3v) is 4.86. The summed E-state index contributed by atoms with van der Waals surface area (Å²) in [4.78, 5) is 16.8. The summed E-state index contributed by atoms with van der Waals surface area (Å²) in [6.45, 7) is 2.56. The highest BCUT2D eigenvalue weighted by molar-refractivity contribution is 7.09. The maximum atomic E-state index is 12.2. The number of aryl methyl sites for hydroxylation is 1. The molecule has 0 unspecified atom stereocenters. The molecule has 0 aliphatic heterocycles. The largest absolute Gasteiger partial charge is 0.497 e. The number of rotatable bonds is 8. The van der Waals surface area contributed by atoms with Crippen molar-refractivity contribution < 1.29 is 14.3 Å². The molecule has 0 fully saturated rings. The van der Waals surface area contributed by atoms with Gasteiger partial charge in [-0.1, -0.05) is 0 Å². The van der Waals surface area contributed by atoms with Crippen molar-refractivity contribution in [2.45, 2.75) is 19.8 Å². The van der Waals surface area contributed by atoms with Crippen LogP contribution in [0.3, 0.4) is 0 Å². The Kier molecular flexibility index (Phi) is 6.44. The van der Waals surface area contributed by atoms with E-state index in [1.165, 1.54) is 0 Å². The standard InChI is InChI=1S/C21H22N2O3S/c1-3-26-18-10-6-16(7-11-18)22-20(24)12-13-21-23-19(14-27-21)15-4-8-17(25-2)9-5-15/h4-11,14H,3,12-13H2,1-2H3,(H,22,24). The first-order valence-corrected chi connectivity index (χ1v) is 9.67. The molecule has 3 aromatic rings. The highest BCUT2D eigenvalue weighted by Gasteiger charge is 2.08. The van der Waals surface area contributed by atoms with Crippen LogP contribution in [0.1, 0.15) is 18.4 Å². The predicted octanol–water partition coefficient (Wildman–Crippen LogP) is 4.79. The number of anilines is 1. The molecular weight excluding hydrogens is 360 g/mol. The van der Waals surface area contributed by atoms with Gasteiger partial charge in [0.05, 0.1) is 24.4 Å². The van der Waals surface area contributed by atoms with Crippen molar-refractivity contribution in [2.75, 3.05) is 19.0 Å². The molecule has 6 heteroatoms. The van der Waals surface area contributed by atoms with Gasteiger partial charge in [-0.25, -0.2) is 4.98 Å². The number of aromatic nitrogens is 1. The summed E-state index contributed by atoms with van der Waals surface area (Å²) in [5, 5.41) is 5.86. The Bertz CT molecular complexity index is 873. The van der Waals surface area contributed by atoms with Gasteiger partial charge in [0, 0.05) is 29.5 Å². The van der Waals surface area contributed by atoms with Crippen LogP contribution in [-0.4, -0.2) is 24.6 Å². The fourth-order valence-corrected chi connectivity index (χ4v) is 3.37. The number of amides is 1. The molecule has 0 bridgehead atoms. The molecule has 2 aromatic carbocycles. The molecule has 0 atom stereocenters. The summed E-state index contributed by atoms with van der Waals surface area (Å²) in [7, 11) is 1.65. The summed E-state index contributed by atoms with van der Waals surface area (Å²) >= 11 is 1.57. The summed E-state index contributed by atoms with van der Waals surface area (Å²) in [5.41, 5.74) is 2.73. The van der Waals surface area contributed by atoms with E-state index in [1.807, 2.05) is 60.8 Å². The van der Waals surface area contributed by atoms with E-state index in [1.54, 1.807) is 18.4 Å². The van der Waals surface area contributed by atoms with Gasteiger partial charge < -0.3 is 14.8 Å². The molecule has 1 N–H and O–H groups in total. The quantitative estimate of drug-likeness (QED) is 0.609. The number of nitrogens with zero attached hydrogens (tertiary/aromatic N) is 1. The van der Waals surface area contributed by atoms with Crippen molar-refractivity contribution in [1.82, 2.24) is 4.98 Å². The van der Waals surface area contributed by atoms with Crippen molar-refractivity contribution in [3.05, 3.63) is 58.9 Å². The van der Waals surface area contributed by atoms with Crippen LogP contribution < -0.4 is 14.8 Å². The van der Waals surface area contributed by atoms with Crippen LogP contribution in [-0.2, 0) is 11.2 Å². The van der Waals surface area contributed by atoms with Gasteiger partial charge in [-0.2, -0.15) is 0 Å². The van der Waals surface area contributed by atoms with E-state index in [4.69, 9.17) is 9.47 Å². The van der Waals surface area contributed by atoms with Crippen LogP contribution in [0.5, 0.6) is 11.5 Å². The van der Waals surface area contributed by atoms with Crippen molar-refractivity contribution in [3.8, 4) is 22.8 Å². The summed E-state index contributed by atoms with van der Waals surface area (Å²) in [5.74, 6) is 1.59. The summed E-state index contributed by atoms with van der Waals surface area (Å²) in [6, 6.07) is 15.2. The molecule has 0 saturated heterocycles. The molecule has 5 nitrogen and oxygen atoms in total. The van der Waals surface area contributed by atoms with E-state index in [-0.39, 0.29) is 5.91 Å². The summed E-state index contributed by atoms with van der Waals surface area (Å²) < 4.78 is 10.6. The molecule has 0 spiro atoms. The van der Waals surface area contributed by atoms with Crippen LogP contribution in [0.2, 0.25) is 0 Å². The number of carbonyl (C=O) groups excluding carboxylic acids is 1. The molecule has 140 valence electrons. The zero-order valence-corrected chi connectivity index (χ0v) is 16.2. The maximum absolute atomic E-state index is 12.2. The molecule has 0 aliphatic carbocycles. The molecule has 27 heavy (non-hydrogen) atoms. The zero-order chi connectivity index (χ0) is 19.1. The lowest BCUT2D eigenvalue weighted by Crippen LogP contribution is -2.12. The van der Waals surface area contributed by atoms with E-state index < -0.39 is 0 Å². The second-order valence-electron chi connectivity index (χ2n) is 5.86. The van der Waals surface area contributed by atoms with Crippen LogP contribution in [0.4, 0.5) is 5.69 Å². The third-order valence-electron chi connectivity index (χ3n) is 3.95. The van der Waals surface area contributed by atoms with E-state index >= 15 is 0 Å². The van der Waals surface area contributed by atoms with Gasteiger partial charge in [-0.15, -0.1) is 11.3 Å². The molecule has 0 aliphatic rings. The van der Waals surface area contributed by atoms with Crippen molar-refractivity contribution in [3.63, 3.8) is 0 Å². The predicted molar refractivity (Wildman–Crippen MR) is 109 cm³/mol. The lowest BCUT2D eigenvalue weighted by molar-refractivity contribution is -0.116. The van der Waals surface area contributed by atoms with Gasteiger partial charge >= 0.3 is 0 Å². The molecule has 1 amide bonds. The third kappa shape index (κ3) is 5.31. The van der Waals surface area contributed by atoms with Crippen LogP contribution in [0, 0.1) is 0 Å². The minimum atomic E-state index is -0.0274. The van der Waals surface area contributed by atoms with Crippen LogP contribution >= 0.6 is 11.3 Å². The topological polar surface area (TPSA) is 60.5 Å². The highest BCUT2D eigenvalue weighted by atomic mass is 32.1. The average molecular weight is 382 g/mol. The van der Waals surface area contributed by atoms with Gasteiger partial charge in [0.2, 0.25) is 5.91 Å². The second-order valence-corrected chi connectivity index (χ2v) is 6.80. The second kappa shape index (κ2) is 9.19. The minimum Gasteiger partial charge on any atom is -0.497 e. The van der Waals surface area contributed by atoms with Crippen molar-refractivity contribution >= 4 is 22.9 Å². The Morgan fingerprint density at radius 3 is 2.44 bits per heavy atom. The van der Waals surface area contributed by atoms with E-state index in [9.17, 15) is 4.79 Å². The lowest BCUT2D eigenvalue weighted by Gasteiger charge is -2.06. The smallest absolute Gasteiger partial charge is 0.224 e. The average Bonchev–Trinajstić information content (AvgIpc) is 3.17. The van der Waals surface area contributed by atoms with Crippen LogP contribution in [0.25, 0.3) is 11.3 Å². The lowest BCUT2D eigenvalue weighted by atomic mass is 10.2. The first-order chi connectivity index (χ1) is 13.2. The fourth-order valence-electron chi connectivity index (χ4n) is 2.57. The number of thiazole rings is 1. The number of benzene rings is 2. The van der Waals surface area contributed by atoms with Crippen molar-refractivity contribution in [1.29, 1.82) is 0 Å². The van der Waals surface area contributed by atoms with E-state index in [0.717, 1.165) is 33.5 Å². The monoisotopic (exact) mass is 382 g/mol. The molecular formula is C21H22N2O3S. The number of nitrogens with one attached hydrogen (secondary N) is 1. The Morgan fingerprint density at radius 2 is 1.78 bits per heavy atom.